The molecule has 0 spiro atoms. The van der Waals surface area contributed by atoms with Gasteiger partial charge in [-0.1, -0.05) is 0 Å². The van der Waals surface area contributed by atoms with Gasteiger partial charge in [0.05, 0.1) is 11.4 Å². The first-order chi connectivity index (χ1) is 8.81. The summed E-state index contributed by atoms with van der Waals surface area (Å²) in [5, 5.41) is 0. The molecule has 18 heavy (non-hydrogen) atoms. The van der Waals surface area contributed by atoms with Gasteiger partial charge in [-0.05, 0) is 30.9 Å². The number of hydrogen-bond donors (Lipinski definition) is 1. The number of rotatable bonds is 4. The minimum absolute atomic E-state index is 0.818. The van der Waals surface area contributed by atoms with E-state index in [9.17, 15) is 0 Å². The highest BCUT2D eigenvalue weighted by Gasteiger charge is 2.26. The second-order valence-electron chi connectivity index (χ2n) is 5.56. The lowest BCUT2D eigenvalue weighted by molar-refractivity contribution is 0.122. The lowest BCUT2D eigenvalue weighted by Crippen LogP contribution is -2.46. The largest absolute Gasteiger partial charge is 0.397 e. The average Bonchev–Trinajstić information content (AvgIpc) is 3.19. The maximum atomic E-state index is 5.94. The molecule has 1 aromatic heterocycles. The van der Waals surface area contributed by atoms with E-state index in [0.717, 1.165) is 36.9 Å². The first-order valence-electron chi connectivity index (χ1n) is 6.95. The Kier molecular flexibility index (Phi) is 3.48. The zero-order chi connectivity index (χ0) is 12.4. The maximum Gasteiger partial charge on any atom is 0.0772 e. The van der Waals surface area contributed by atoms with Crippen molar-refractivity contribution >= 4 is 5.69 Å². The molecule has 2 N–H and O–H groups in total. The summed E-state index contributed by atoms with van der Waals surface area (Å²) >= 11 is 0. The Labute approximate surface area is 109 Å². The molecule has 1 aromatic rings. The highest BCUT2D eigenvalue weighted by molar-refractivity contribution is 5.41. The highest BCUT2D eigenvalue weighted by Crippen LogP contribution is 2.30. The van der Waals surface area contributed by atoms with Crippen molar-refractivity contribution in [2.24, 2.45) is 5.92 Å². The van der Waals surface area contributed by atoms with Crippen molar-refractivity contribution < 1.29 is 0 Å². The van der Waals surface area contributed by atoms with Gasteiger partial charge in [0.25, 0.3) is 0 Å². The molecule has 0 unspecified atom stereocenters. The third-order valence-electron chi connectivity index (χ3n) is 3.98. The number of anilines is 1. The SMILES string of the molecule is Nc1cccnc1CN1CCN(CC2CC2)CC1. The van der Waals surface area contributed by atoms with E-state index in [4.69, 9.17) is 5.73 Å². The number of nitrogen functional groups attached to an aromatic ring is 1. The number of nitrogens with two attached hydrogens (primary N) is 1. The molecule has 0 amide bonds. The summed E-state index contributed by atoms with van der Waals surface area (Å²) in [6, 6.07) is 3.83. The number of hydrogen-bond acceptors (Lipinski definition) is 4. The molecule has 1 saturated carbocycles. The Bertz CT molecular complexity index is 395. The fourth-order valence-electron chi connectivity index (χ4n) is 2.59. The predicted molar refractivity (Wildman–Crippen MR) is 73.1 cm³/mol. The van der Waals surface area contributed by atoms with E-state index in [1.54, 1.807) is 0 Å². The average molecular weight is 246 g/mol. The van der Waals surface area contributed by atoms with Crippen LogP contribution in [0.15, 0.2) is 18.3 Å². The van der Waals surface area contributed by atoms with E-state index in [2.05, 4.69) is 14.8 Å². The van der Waals surface area contributed by atoms with Crippen LogP contribution in [0.3, 0.4) is 0 Å². The summed E-state index contributed by atoms with van der Waals surface area (Å²) in [4.78, 5) is 9.44. The molecule has 1 saturated heterocycles. The molecule has 0 aromatic carbocycles. The number of nitrogens with zero attached hydrogens (tertiary/aromatic N) is 3. The van der Waals surface area contributed by atoms with Crippen molar-refractivity contribution in [3.8, 4) is 0 Å². The Morgan fingerprint density at radius 3 is 2.56 bits per heavy atom. The smallest absolute Gasteiger partial charge is 0.0772 e. The zero-order valence-corrected chi connectivity index (χ0v) is 10.9. The van der Waals surface area contributed by atoms with Crippen LogP contribution in [0, 0.1) is 5.92 Å². The van der Waals surface area contributed by atoms with Gasteiger partial charge >= 0.3 is 0 Å². The van der Waals surface area contributed by atoms with Crippen LogP contribution in [0.5, 0.6) is 0 Å². The van der Waals surface area contributed by atoms with Gasteiger partial charge in [-0.2, -0.15) is 0 Å². The minimum Gasteiger partial charge on any atom is -0.397 e. The molecule has 1 aliphatic heterocycles. The third kappa shape index (κ3) is 3.00. The van der Waals surface area contributed by atoms with Gasteiger partial charge in [0, 0.05) is 45.5 Å². The van der Waals surface area contributed by atoms with E-state index >= 15 is 0 Å². The van der Waals surface area contributed by atoms with Crippen LogP contribution in [-0.2, 0) is 6.54 Å². The van der Waals surface area contributed by atoms with E-state index in [-0.39, 0.29) is 0 Å². The number of aromatic nitrogens is 1. The monoisotopic (exact) mass is 246 g/mol. The Morgan fingerprint density at radius 2 is 1.89 bits per heavy atom. The topological polar surface area (TPSA) is 45.4 Å². The number of piperazine rings is 1. The molecular weight excluding hydrogens is 224 g/mol. The van der Waals surface area contributed by atoms with E-state index in [1.165, 1.54) is 32.5 Å². The van der Waals surface area contributed by atoms with Gasteiger partial charge < -0.3 is 10.6 Å². The summed E-state index contributed by atoms with van der Waals surface area (Å²) in [6.07, 6.45) is 4.73. The Balaban J connectivity index is 1.49. The summed E-state index contributed by atoms with van der Waals surface area (Å²) in [6.45, 7) is 6.89. The normalized spacial score (nSPS) is 22.2. The minimum atomic E-state index is 0.818. The van der Waals surface area contributed by atoms with Crippen LogP contribution in [0.25, 0.3) is 0 Å². The van der Waals surface area contributed by atoms with Gasteiger partial charge in [-0.25, -0.2) is 0 Å². The molecular formula is C14H22N4. The Morgan fingerprint density at radius 1 is 1.17 bits per heavy atom. The van der Waals surface area contributed by atoms with E-state index in [0.29, 0.717) is 0 Å². The van der Waals surface area contributed by atoms with Crippen molar-refractivity contribution in [3.05, 3.63) is 24.0 Å². The quantitative estimate of drug-likeness (QED) is 0.867. The molecule has 3 rings (SSSR count). The first-order valence-corrected chi connectivity index (χ1v) is 6.95. The summed E-state index contributed by atoms with van der Waals surface area (Å²) in [5.41, 5.74) is 7.78. The van der Waals surface area contributed by atoms with Gasteiger partial charge in [-0.3, -0.25) is 9.88 Å². The highest BCUT2D eigenvalue weighted by atomic mass is 15.3. The molecule has 2 aliphatic rings. The number of pyridine rings is 1. The van der Waals surface area contributed by atoms with Crippen molar-refractivity contribution in [3.63, 3.8) is 0 Å². The lowest BCUT2D eigenvalue weighted by Gasteiger charge is -2.34. The van der Waals surface area contributed by atoms with Crippen molar-refractivity contribution in [1.82, 2.24) is 14.8 Å². The maximum absolute atomic E-state index is 5.94. The van der Waals surface area contributed by atoms with E-state index < -0.39 is 0 Å². The first kappa shape index (κ1) is 11.9. The van der Waals surface area contributed by atoms with Gasteiger partial charge in [0.2, 0.25) is 0 Å². The van der Waals surface area contributed by atoms with Gasteiger partial charge in [-0.15, -0.1) is 0 Å². The van der Waals surface area contributed by atoms with Crippen molar-refractivity contribution in [2.75, 3.05) is 38.5 Å². The zero-order valence-electron chi connectivity index (χ0n) is 10.9. The molecule has 0 radical (unpaired) electrons. The molecule has 98 valence electrons. The van der Waals surface area contributed by atoms with Crippen LogP contribution in [0.1, 0.15) is 18.5 Å². The summed E-state index contributed by atoms with van der Waals surface area (Å²) in [5.74, 6) is 1.00. The summed E-state index contributed by atoms with van der Waals surface area (Å²) in [7, 11) is 0. The van der Waals surface area contributed by atoms with Crippen LogP contribution < -0.4 is 5.73 Å². The molecule has 2 heterocycles. The van der Waals surface area contributed by atoms with Crippen LogP contribution >= 0.6 is 0 Å². The standard InChI is InChI=1S/C14H22N4/c15-13-2-1-5-16-14(13)11-18-8-6-17(7-9-18)10-12-3-4-12/h1-2,5,12H,3-4,6-11,15H2. The van der Waals surface area contributed by atoms with Gasteiger partial charge in [0.15, 0.2) is 0 Å². The second kappa shape index (κ2) is 5.24. The fraction of sp³-hybridized carbons (Fsp3) is 0.643. The van der Waals surface area contributed by atoms with Crippen molar-refractivity contribution in [1.29, 1.82) is 0 Å². The van der Waals surface area contributed by atoms with Crippen LogP contribution in [0.2, 0.25) is 0 Å². The van der Waals surface area contributed by atoms with Crippen LogP contribution in [0.4, 0.5) is 5.69 Å². The molecule has 0 bridgehead atoms. The van der Waals surface area contributed by atoms with Crippen LogP contribution in [-0.4, -0.2) is 47.5 Å². The molecule has 2 fully saturated rings. The third-order valence-corrected chi connectivity index (χ3v) is 3.98. The molecule has 0 atom stereocenters. The summed E-state index contributed by atoms with van der Waals surface area (Å²) < 4.78 is 0. The van der Waals surface area contributed by atoms with Crippen molar-refractivity contribution in [2.45, 2.75) is 19.4 Å². The second-order valence-corrected chi connectivity index (χ2v) is 5.56. The Hall–Kier alpha value is -1.13. The lowest BCUT2D eigenvalue weighted by atomic mass is 10.2. The predicted octanol–water partition coefficient (Wildman–Crippen LogP) is 1.19. The van der Waals surface area contributed by atoms with E-state index in [1.807, 2.05) is 18.3 Å². The molecule has 1 aliphatic carbocycles. The fourth-order valence-corrected chi connectivity index (χ4v) is 2.59. The molecule has 4 heteroatoms. The molecule has 4 nitrogen and oxygen atoms in total. The van der Waals surface area contributed by atoms with Gasteiger partial charge in [0.1, 0.15) is 0 Å².